The Morgan fingerprint density at radius 2 is 2.11 bits per heavy atom. The summed E-state index contributed by atoms with van der Waals surface area (Å²) < 4.78 is 10.8. The average Bonchev–Trinajstić information content (AvgIpc) is 2.48. The number of nitrogen functional groups attached to an aromatic ring is 1. The molecule has 0 fully saturated rings. The van der Waals surface area contributed by atoms with E-state index in [1.54, 1.807) is 36.4 Å². The molecule has 0 spiro atoms. The number of ether oxygens (including phenoxy) is 2. The van der Waals surface area contributed by atoms with Crippen molar-refractivity contribution in [3.05, 3.63) is 42.0 Å². The van der Waals surface area contributed by atoms with Gasteiger partial charge in [-0.1, -0.05) is 12.1 Å². The summed E-state index contributed by atoms with van der Waals surface area (Å²) in [5.74, 6) is 7.23. The first-order valence-corrected chi connectivity index (χ1v) is 5.66. The van der Waals surface area contributed by atoms with Crippen LogP contribution in [0.1, 0.15) is 5.56 Å². The Labute approximate surface area is 110 Å². The number of hydrazine groups is 1. The third-order valence-electron chi connectivity index (χ3n) is 2.50. The van der Waals surface area contributed by atoms with Crippen LogP contribution in [0.3, 0.4) is 0 Å². The van der Waals surface area contributed by atoms with Gasteiger partial charge < -0.3 is 20.0 Å². The number of hydrogen-bond acceptors (Lipinski definition) is 6. The zero-order chi connectivity index (χ0) is 13.7. The van der Waals surface area contributed by atoms with Crippen LogP contribution in [-0.2, 0) is 6.61 Å². The molecule has 4 N–H and O–H groups in total. The summed E-state index contributed by atoms with van der Waals surface area (Å²) in [4.78, 5) is 4.14. The number of aliphatic hydroxyl groups is 1. The van der Waals surface area contributed by atoms with Crippen molar-refractivity contribution in [2.45, 2.75) is 6.61 Å². The van der Waals surface area contributed by atoms with Crippen molar-refractivity contribution < 1.29 is 14.6 Å². The van der Waals surface area contributed by atoms with Crippen LogP contribution < -0.4 is 20.7 Å². The third-order valence-corrected chi connectivity index (χ3v) is 2.50. The van der Waals surface area contributed by atoms with Crippen molar-refractivity contribution in [2.24, 2.45) is 5.84 Å². The summed E-state index contributed by atoms with van der Waals surface area (Å²) in [6, 6.07) is 10.4. The van der Waals surface area contributed by atoms with E-state index in [0.29, 0.717) is 23.2 Å². The first kappa shape index (κ1) is 13.1. The van der Waals surface area contributed by atoms with Gasteiger partial charge in [0.1, 0.15) is 5.82 Å². The molecule has 2 aromatic rings. The van der Waals surface area contributed by atoms with Gasteiger partial charge in [0.2, 0.25) is 5.88 Å². The minimum absolute atomic E-state index is 0.0541. The van der Waals surface area contributed by atoms with E-state index >= 15 is 0 Å². The molecule has 0 radical (unpaired) electrons. The van der Waals surface area contributed by atoms with Crippen molar-refractivity contribution in [3.63, 3.8) is 0 Å². The average molecular weight is 261 g/mol. The highest BCUT2D eigenvalue weighted by atomic mass is 16.5. The summed E-state index contributed by atoms with van der Waals surface area (Å²) in [6.45, 7) is -0.0541. The first-order chi connectivity index (χ1) is 9.26. The molecule has 1 heterocycles. The van der Waals surface area contributed by atoms with Gasteiger partial charge in [0.15, 0.2) is 11.5 Å². The van der Waals surface area contributed by atoms with Gasteiger partial charge >= 0.3 is 0 Å². The van der Waals surface area contributed by atoms with E-state index in [-0.39, 0.29) is 6.61 Å². The molecule has 100 valence electrons. The number of nitrogens with zero attached hydrogens (tertiary/aromatic N) is 1. The molecule has 0 saturated heterocycles. The predicted molar refractivity (Wildman–Crippen MR) is 71.0 cm³/mol. The lowest BCUT2D eigenvalue weighted by molar-refractivity contribution is 0.280. The smallest absolute Gasteiger partial charge is 0.221 e. The number of benzene rings is 1. The summed E-state index contributed by atoms with van der Waals surface area (Å²) in [5, 5.41) is 9.08. The van der Waals surface area contributed by atoms with E-state index in [9.17, 15) is 0 Å². The molecular formula is C13H15N3O3. The second kappa shape index (κ2) is 6.03. The molecule has 0 aliphatic rings. The maximum atomic E-state index is 9.08. The number of aromatic nitrogens is 1. The van der Waals surface area contributed by atoms with Crippen LogP contribution in [0.2, 0.25) is 0 Å². The maximum absolute atomic E-state index is 9.08. The van der Waals surface area contributed by atoms with Crippen molar-refractivity contribution >= 4 is 5.82 Å². The van der Waals surface area contributed by atoms with Crippen LogP contribution in [0.25, 0.3) is 0 Å². The molecule has 0 atom stereocenters. The predicted octanol–water partition coefficient (Wildman–Crippen LogP) is 1.66. The highest BCUT2D eigenvalue weighted by Crippen LogP contribution is 2.31. The fourth-order valence-electron chi connectivity index (χ4n) is 1.56. The fraction of sp³-hybridized carbons (Fsp3) is 0.154. The molecule has 0 amide bonds. The molecule has 1 aromatic carbocycles. The van der Waals surface area contributed by atoms with Gasteiger partial charge in [-0.05, 0) is 23.8 Å². The van der Waals surface area contributed by atoms with Crippen molar-refractivity contribution in [3.8, 4) is 17.4 Å². The van der Waals surface area contributed by atoms with Crippen LogP contribution in [0.5, 0.6) is 17.4 Å². The van der Waals surface area contributed by atoms with Crippen molar-refractivity contribution in [1.29, 1.82) is 0 Å². The lowest BCUT2D eigenvalue weighted by Crippen LogP contribution is -2.08. The van der Waals surface area contributed by atoms with Gasteiger partial charge in [0.25, 0.3) is 0 Å². The van der Waals surface area contributed by atoms with E-state index in [2.05, 4.69) is 10.4 Å². The minimum Gasteiger partial charge on any atom is -0.493 e. The number of methoxy groups -OCH3 is 1. The van der Waals surface area contributed by atoms with Crippen molar-refractivity contribution in [1.82, 2.24) is 4.98 Å². The van der Waals surface area contributed by atoms with Gasteiger partial charge in [-0.3, -0.25) is 0 Å². The fourth-order valence-corrected chi connectivity index (χ4v) is 1.56. The van der Waals surface area contributed by atoms with E-state index in [4.69, 9.17) is 20.4 Å². The number of anilines is 1. The van der Waals surface area contributed by atoms with E-state index in [0.717, 1.165) is 5.56 Å². The van der Waals surface area contributed by atoms with Crippen molar-refractivity contribution in [2.75, 3.05) is 12.5 Å². The number of nitrogens with two attached hydrogens (primary N) is 1. The van der Waals surface area contributed by atoms with Gasteiger partial charge in [0.05, 0.1) is 13.7 Å². The molecule has 0 aliphatic heterocycles. The quantitative estimate of drug-likeness (QED) is 0.560. The highest BCUT2D eigenvalue weighted by Gasteiger charge is 2.08. The van der Waals surface area contributed by atoms with Crippen LogP contribution in [0, 0.1) is 0 Å². The Morgan fingerprint density at radius 3 is 2.79 bits per heavy atom. The molecule has 6 nitrogen and oxygen atoms in total. The second-order valence-corrected chi connectivity index (χ2v) is 3.75. The van der Waals surface area contributed by atoms with Crippen LogP contribution in [-0.4, -0.2) is 17.2 Å². The Morgan fingerprint density at radius 1 is 1.26 bits per heavy atom. The Kier molecular flexibility index (Phi) is 4.17. The number of aliphatic hydroxyl groups excluding tert-OH is 1. The maximum Gasteiger partial charge on any atom is 0.221 e. The lowest BCUT2D eigenvalue weighted by Gasteiger charge is -2.11. The normalized spacial score (nSPS) is 10.1. The van der Waals surface area contributed by atoms with E-state index < -0.39 is 0 Å². The standard InChI is InChI=1S/C13H15N3O3/c1-18-11-7-9(8-17)5-6-10(11)19-13-4-2-3-12(15-13)16-14/h2-7,17H,8,14H2,1H3,(H,15,16). The topological polar surface area (TPSA) is 89.6 Å². The summed E-state index contributed by atoms with van der Waals surface area (Å²) >= 11 is 0. The Hall–Kier alpha value is -2.31. The first-order valence-electron chi connectivity index (χ1n) is 5.66. The number of hydrogen-bond donors (Lipinski definition) is 3. The minimum atomic E-state index is -0.0541. The molecule has 19 heavy (non-hydrogen) atoms. The number of nitrogens with one attached hydrogen (secondary N) is 1. The van der Waals surface area contributed by atoms with Crippen LogP contribution >= 0.6 is 0 Å². The summed E-state index contributed by atoms with van der Waals surface area (Å²) in [6.07, 6.45) is 0. The molecular weight excluding hydrogens is 246 g/mol. The Bertz CT molecular complexity index is 561. The molecule has 1 aromatic heterocycles. The monoisotopic (exact) mass is 261 g/mol. The number of pyridine rings is 1. The largest absolute Gasteiger partial charge is 0.493 e. The third kappa shape index (κ3) is 3.12. The molecule has 6 heteroatoms. The van der Waals surface area contributed by atoms with Crippen LogP contribution in [0.15, 0.2) is 36.4 Å². The summed E-state index contributed by atoms with van der Waals surface area (Å²) in [7, 11) is 1.54. The van der Waals surface area contributed by atoms with Gasteiger partial charge in [0, 0.05) is 6.07 Å². The summed E-state index contributed by atoms with van der Waals surface area (Å²) in [5.41, 5.74) is 3.19. The van der Waals surface area contributed by atoms with Gasteiger partial charge in [-0.15, -0.1) is 0 Å². The Balaban J connectivity index is 2.26. The SMILES string of the molecule is COc1cc(CO)ccc1Oc1cccc(NN)n1. The molecule has 2 rings (SSSR count). The molecule has 0 unspecified atom stereocenters. The number of rotatable bonds is 5. The molecule has 0 aliphatic carbocycles. The second-order valence-electron chi connectivity index (χ2n) is 3.75. The zero-order valence-corrected chi connectivity index (χ0v) is 10.5. The van der Waals surface area contributed by atoms with Crippen LogP contribution in [0.4, 0.5) is 5.82 Å². The van der Waals surface area contributed by atoms with Gasteiger partial charge in [-0.2, -0.15) is 4.98 Å². The zero-order valence-electron chi connectivity index (χ0n) is 10.5. The van der Waals surface area contributed by atoms with E-state index in [1.807, 2.05) is 0 Å². The van der Waals surface area contributed by atoms with E-state index in [1.165, 1.54) is 7.11 Å². The lowest BCUT2D eigenvalue weighted by atomic mass is 10.2. The molecule has 0 saturated carbocycles. The molecule has 0 bridgehead atoms. The highest BCUT2D eigenvalue weighted by molar-refractivity contribution is 5.45. The van der Waals surface area contributed by atoms with Gasteiger partial charge in [-0.25, -0.2) is 5.84 Å².